The zero-order valence-corrected chi connectivity index (χ0v) is 16.4. The van der Waals surface area contributed by atoms with E-state index in [-0.39, 0.29) is 12.1 Å². The molecule has 2 amide bonds. The molecule has 2 heterocycles. The van der Waals surface area contributed by atoms with Crippen molar-refractivity contribution in [2.45, 2.75) is 19.9 Å². The van der Waals surface area contributed by atoms with E-state index in [0.29, 0.717) is 0 Å². The van der Waals surface area contributed by atoms with Crippen LogP contribution < -0.4 is 10.6 Å². The molecular weight excluding hydrogens is 360 g/mol. The van der Waals surface area contributed by atoms with Crippen LogP contribution >= 0.6 is 0 Å². The number of aromatic nitrogens is 2. The second kappa shape index (κ2) is 8.10. The van der Waals surface area contributed by atoms with Crippen LogP contribution in [0.1, 0.15) is 24.2 Å². The molecule has 2 aromatic carbocycles. The van der Waals surface area contributed by atoms with Gasteiger partial charge in [0.1, 0.15) is 0 Å². The Balaban J connectivity index is 1.41. The van der Waals surface area contributed by atoms with E-state index in [1.807, 2.05) is 74.5 Å². The first kappa shape index (κ1) is 18.6. The fourth-order valence-electron chi connectivity index (χ4n) is 3.24. The van der Waals surface area contributed by atoms with Crippen molar-refractivity contribution in [3.05, 3.63) is 90.4 Å². The number of fused-ring (bicyclic) bond motifs is 1. The predicted octanol–water partition coefficient (Wildman–Crippen LogP) is 5.49. The molecule has 0 bridgehead atoms. The van der Waals surface area contributed by atoms with Crippen LogP contribution in [0, 0.1) is 6.92 Å². The Morgan fingerprint density at radius 1 is 0.931 bits per heavy atom. The number of para-hydroxylation sites is 1. The fourth-order valence-corrected chi connectivity index (χ4v) is 3.24. The maximum absolute atomic E-state index is 12.4. The topological polar surface area (TPSA) is 66.9 Å². The summed E-state index contributed by atoms with van der Waals surface area (Å²) in [5.74, 6) is 0. The summed E-state index contributed by atoms with van der Waals surface area (Å²) in [5.41, 5.74) is 5.80. The van der Waals surface area contributed by atoms with Gasteiger partial charge >= 0.3 is 6.03 Å². The molecule has 5 nitrogen and oxygen atoms in total. The number of pyridine rings is 2. The Morgan fingerprint density at radius 2 is 1.72 bits per heavy atom. The lowest BCUT2D eigenvalue weighted by Crippen LogP contribution is -2.31. The molecule has 2 aromatic heterocycles. The summed E-state index contributed by atoms with van der Waals surface area (Å²) in [6, 6.07) is 21.4. The third-order valence-corrected chi connectivity index (χ3v) is 4.83. The van der Waals surface area contributed by atoms with Crippen LogP contribution in [0.15, 0.2) is 79.1 Å². The number of hydrogen-bond donors (Lipinski definition) is 2. The van der Waals surface area contributed by atoms with Gasteiger partial charge in [-0.1, -0.05) is 30.3 Å². The van der Waals surface area contributed by atoms with Crippen molar-refractivity contribution in [2.24, 2.45) is 0 Å². The van der Waals surface area contributed by atoms with Crippen molar-refractivity contribution in [2.75, 3.05) is 5.32 Å². The highest BCUT2D eigenvalue weighted by Crippen LogP contribution is 2.22. The molecule has 4 aromatic rings. The summed E-state index contributed by atoms with van der Waals surface area (Å²) in [5, 5.41) is 6.91. The van der Waals surface area contributed by atoms with Crippen LogP contribution in [-0.4, -0.2) is 16.0 Å². The van der Waals surface area contributed by atoms with Crippen LogP contribution in [0.3, 0.4) is 0 Å². The fraction of sp³-hybridized carbons (Fsp3) is 0.125. The lowest BCUT2D eigenvalue weighted by Gasteiger charge is -2.15. The van der Waals surface area contributed by atoms with Gasteiger partial charge in [0.05, 0.1) is 11.6 Å². The summed E-state index contributed by atoms with van der Waals surface area (Å²) < 4.78 is 0. The first-order valence-electron chi connectivity index (χ1n) is 9.54. The normalized spacial score (nSPS) is 11.8. The van der Waals surface area contributed by atoms with E-state index in [1.165, 1.54) is 0 Å². The number of nitrogens with zero attached hydrogens (tertiary/aromatic N) is 2. The zero-order valence-electron chi connectivity index (χ0n) is 16.4. The Morgan fingerprint density at radius 3 is 2.52 bits per heavy atom. The number of rotatable bonds is 4. The van der Waals surface area contributed by atoms with E-state index >= 15 is 0 Å². The molecular formula is C24H22N4O. The number of anilines is 1. The molecule has 0 aliphatic carbocycles. The van der Waals surface area contributed by atoms with E-state index in [2.05, 4.69) is 26.7 Å². The molecule has 2 N–H and O–H groups in total. The van der Waals surface area contributed by atoms with Crippen molar-refractivity contribution in [3.8, 4) is 11.1 Å². The maximum Gasteiger partial charge on any atom is 0.319 e. The molecule has 1 unspecified atom stereocenters. The smallest absolute Gasteiger partial charge is 0.319 e. The van der Waals surface area contributed by atoms with E-state index in [1.54, 1.807) is 12.4 Å². The first-order chi connectivity index (χ1) is 14.1. The number of aryl methyl sites for hydroxylation is 1. The Kier molecular flexibility index (Phi) is 5.20. The minimum absolute atomic E-state index is 0.161. The highest BCUT2D eigenvalue weighted by atomic mass is 16.2. The molecule has 0 aliphatic rings. The van der Waals surface area contributed by atoms with E-state index in [9.17, 15) is 4.79 Å². The molecule has 0 saturated carbocycles. The molecule has 0 spiro atoms. The van der Waals surface area contributed by atoms with Gasteiger partial charge < -0.3 is 10.6 Å². The first-order valence-corrected chi connectivity index (χ1v) is 9.54. The molecule has 4 rings (SSSR count). The largest absolute Gasteiger partial charge is 0.331 e. The van der Waals surface area contributed by atoms with Gasteiger partial charge in [-0.15, -0.1) is 0 Å². The van der Waals surface area contributed by atoms with Gasteiger partial charge in [-0.05, 0) is 66.9 Å². The van der Waals surface area contributed by atoms with Crippen LogP contribution in [0.25, 0.3) is 22.0 Å². The van der Waals surface area contributed by atoms with E-state index < -0.39 is 0 Å². The SMILES string of the molecule is Cc1cc(-c2ccc(NC(=O)NC(C)c3cnc4ccccc4c3)cc2)ccn1. The minimum Gasteiger partial charge on any atom is -0.331 e. The molecule has 0 fully saturated rings. The van der Waals surface area contributed by atoms with Crippen molar-refractivity contribution in [1.29, 1.82) is 0 Å². The summed E-state index contributed by atoms with van der Waals surface area (Å²) in [4.78, 5) is 21.1. The van der Waals surface area contributed by atoms with Gasteiger partial charge in [0, 0.05) is 29.2 Å². The third-order valence-electron chi connectivity index (χ3n) is 4.83. The van der Waals surface area contributed by atoms with Crippen LogP contribution in [0.2, 0.25) is 0 Å². The Hall–Kier alpha value is -3.73. The lowest BCUT2D eigenvalue weighted by molar-refractivity contribution is 0.249. The van der Waals surface area contributed by atoms with E-state index in [4.69, 9.17) is 0 Å². The third kappa shape index (κ3) is 4.41. The van der Waals surface area contributed by atoms with Crippen LogP contribution in [0.4, 0.5) is 10.5 Å². The Bertz CT molecular complexity index is 1150. The summed E-state index contributed by atoms with van der Waals surface area (Å²) in [6.45, 7) is 3.91. The summed E-state index contributed by atoms with van der Waals surface area (Å²) in [6.07, 6.45) is 3.60. The summed E-state index contributed by atoms with van der Waals surface area (Å²) in [7, 11) is 0. The van der Waals surface area contributed by atoms with Crippen molar-refractivity contribution in [1.82, 2.24) is 15.3 Å². The van der Waals surface area contributed by atoms with Gasteiger partial charge in [0.2, 0.25) is 0 Å². The van der Waals surface area contributed by atoms with Gasteiger partial charge in [0.15, 0.2) is 0 Å². The van der Waals surface area contributed by atoms with Gasteiger partial charge in [-0.3, -0.25) is 9.97 Å². The predicted molar refractivity (Wildman–Crippen MR) is 117 cm³/mol. The lowest BCUT2D eigenvalue weighted by atomic mass is 10.1. The highest BCUT2D eigenvalue weighted by molar-refractivity contribution is 5.90. The number of carbonyl (C=O) groups is 1. The number of benzene rings is 2. The Labute approximate surface area is 169 Å². The quantitative estimate of drug-likeness (QED) is 0.490. The maximum atomic E-state index is 12.4. The molecule has 144 valence electrons. The number of hydrogen-bond acceptors (Lipinski definition) is 3. The minimum atomic E-state index is -0.252. The molecule has 5 heteroatoms. The average molecular weight is 382 g/mol. The van der Waals surface area contributed by atoms with E-state index in [0.717, 1.165) is 39.0 Å². The highest BCUT2D eigenvalue weighted by Gasteiger charge is 2.11. The van der Waals surface area contributed by atoms with Crippen LogP contribution in [-0.2, 0) is 0 Å². The molecule has 0 saturated heterocycles. The van der Waals surface area contributed by atoms with Crippen molar-refractivity contribution >= 4 is 22.6 Å². The molecule has 0 radical (unpaired) electrons. The zero-order chi connectivity index (χ0) is 20.2. The molecule has 0 aliphatic heterocycles. The van der Waals surface area contributed by atoms with Crippen molar-refractivity contribution in [3.63, 3.8) is 0 Å². The molecule has 29 heavy (non-hydrogen) atoms. The monoisotopic (exact) mass is 382 g/mol. The van der Waals surface area contributed by atoms with Crippen molar-refractivity contribution < 1.29 is 4.79 Å². The van der Waals surface area contributed by atoms with Crippen LogP contribution in [0.5, 0.6) is 0 Å². The average Bonchev–Trinajstić information content (AvgIpc) is 2.74. The number of carbonyl (C=O) groups excluding carboxylic acids is 1. The molecule has 1 atom stereocenters. The van der Waals surface area contributed by atoms with Gasteiger partial charge in [-0.2, -0.15) is 0 Å². The van der Waals surface area contributed by atoms with Gasteiger partial charge in [0.25, 0.3) is 0 Å². The second-order valence-corrected chi connectivity index (χ2v) is 7.04. The summed E-state index contributed by atoms with van der Waals surface area (Å²) >= 11 is 0. The van der Waals surface area contributed by atoms with Gasteiger partial charge in [-0.25, -0.2) is 4.79 Å². The second-order valence-electron chi connectivity index (χ2n) is 7.04. The standard InChI is InChI=1S/C24H22N4O/c1-16-13-19(11-12-25-16)18-7-9-22(10-8-18)28-24(29)27-17(2)21-14-20-5-3-4-6-23(20)26-15-21/h3-15,17H,1-2H3,(H2,27,28,29). The number of amides is 2. The number of urea groups is 1. The number of nitrogens with one attached hydrogen (secondary N) is 2.